The minimum atomic E-state index is 0.835. The summed E-state index contributed by atoms with van der Waals surface area (Å²) in [7, 11) is 0. The maximum atomic E-state index is 4.34. The average Bonchev–Trinajstić information content (AvgIpc) is 3.04. The lowest BCUT2D eigenvalue weighted by molar-refractivity contribution is 0.903. The smallest absolute Gasteiger partial charge is 0.154 e. The third kappa shape index (κ3) is 1.29. The first-order valence-corrected chi connectivity index (χ1v) is 5.48. The fraction of sp³-hybridized carbons (Fsp3) is 0. The van der Waals surface area contributed by atoms with Crippen molar-refractivity contribution in [1.29, 1.82) is 0 Å². The molecule has 0 saturated carbocycles. The Labute approximate surface area is 102 Å². The fourth-order valence-corrected chi connectivity index (χ4v) is 1.98. The van der Waals surface area contributed by atoms with Crippen molar-refractivity contribution < 1.29 is 0 Å². The third-order valence-corrected chi connectivity index (χ3v) is 2.86. The predicted octanol–water partition coefficient (Wildman–Crippen LogP) is 1.44. The summed E-state index contributed by atoms with van der Waals surface area (Å²) in [5.41, 5.74) is 3.83. The largest absolute Gasteiger partial charge is 0.241 e. The van der Waals surface area contributed by atoms with Crippen LogP contribution in [0.3, 0.4) is 0 Å². The van der Waals surface area contributed by atoms with Gasteiger partial charge in [0.1, 0.15) is 6.33 Å². The maximum absolute atomic E-state index is 4.34. The maximum Gasteiger partial charge on any atom is 0.154 e. The van der Waals surface area contributed by atoms with Crippen LogP contribution in [0.2, 0.25) is 0 Å². The standard InChI is InChI=1S/C12H8N6/c1-2-15-18-7-10(4-14-12(1)18)9-3-11-5-13-8-16-17(11)6-9/h1-8H. The zero-order chi connectivity index (χ0) is 11.9. The third-order valence-electron chi connectivity index (χ3n) is 2.86. The van der Waals surface area contributed by atoms with Crippen LogP contribution in [-0.2, 0) is 0 Å². The summed E-state index contributed by atoms with van der Waals surface area (Å²) >= 11 is 0. The van der Waals surface area contributed by atoms with Gasteiger partial charge in [0.2, 0.25) is 0 Å². The number of rotatable bonds is 1. The molecule has 0 unspecified atom stereocenters. The number of nitrogens with zero attached hydrogens (tertiary/aromatic N) is 6. The van der Waals surface area contributed by atoms with Crippen LogP contribution in [-0.4, -0.2) is 29.2 Å². The van der Waals surface area contributed by atoms with Crippen LogP contribution >= 0.6 is 0 Å². The van der Waals surface area contributed by atoms with Crippen LogP contribution < -0.4 is 0 Å². The van der Waals surface area contributed by atoms with E-state index >= 15 is 0 Å². The minimum absolute atomic E-state index is 0.835. The lowest BCUT2D eigenvalue weighted by atomic mass is 10.2. The highest BCUT2D eigenvalue weighted by Gasteiger charge is 2.05. The second kappa shape index (κ2) is 3.36. The lowest BCUT2D eigenvalue weighted by Crippen LogP contribution is -1.90. The SMILES string of the molecule is c1ncc2cc(-c3cnc4ccnn4c3)cn2n1. The Kier molecular flexibility index (Phi) is 1.74. The molecule has 0 aliphatic rings. The van der Waals surface area contributed by atoms with E-state index in [1.807, 2.05) is 30.7 Å². The Morgan fingerprint density at radius 1 is 0.944 bits per heavy atom. The van der Waals surface area contributed by atoms with Crippen LogP contribution in [0.15, 0.2) is 49.4 Å². The van der Waals surface area contributed by atoms with Gasteiger partial charge in [-0.25, -0.2) is 19.0 Å². The summed E-state index contributed by atoms with van der Waals surface area (Å²) in [6.07, 6.45) is 10.8. The molecular formula is C12H8N6. The average molecular weight is 236 g/mol. The van der Waals surface area contributed by atoms with E-state index in [0.29, 0.717) is 0 Å². The highest BCUT2D eigenvalue weighted by Crippen LogP contribution is 2.20. The molecule has 6 heteroatoms. The summed E-state index contributed by atoms with van der Waals surface area (Å²) < 4.78 is 3.54. The number of fused-ring (bicyclic) bond motifs is 2. The Hall–Kier alpha value is -2.76. The summed E-state index contributed by atoms with van der Waals surface area (Å²) in [5, 5.41) is 8.32. The molecule has 0 atom stereocenters. The molecule has 18 heavy (non-hydrogen) atoms. The molecule has 4 heterocycles. The normalized spacial score (nSPS) is 11.3. The summed E-state index contributed by atoms with van der Waals surface area (Å²) in [5.74, 6) is 0. The van der Waals surface area contributed by atoms with Gasteiger partial charge in [-0.1, -0.05) is 0 Å². The molecule has 0 amide bonds. The van der Waals surface area contributed by atoms with Crippen LogP contribution in [0.1, 0.15) is 0 Å². The van der Waals surface area contributed by atoms with Crippen LogP contribution in [0.25, 0.3) is 22.3 Å². The molecule has 4 aromatic heterocycles. The van der Waals surface area contributed by atoms with E-state index in [2.05, 4.69) is 20.2 Å². The molecule has 0 aliphatic carbocycles. The van der Waals surface area contributed by atoms with Gasteiger partial charge in [0.05, 0.1) is 17.9 Å². The zero-order valence-electron chi connectivity index (χ0n) is 9.30. The molecule has 0 N–H and O–H groups in total. The van der Waals surface area contributed by atoms with Gasteiger partial charge in [0, 0.05) is 35.8 Å². The second-order valence-corrected chi connectivity index (χ2v) is 3.98. The molecule has 0 saturated heterocycles. The van der Waals surface area contributed by atoms with Crippen molar-refractivity contribution in [2.24, 2.45) is 0 Å². The zero-order valence-corrected chi connectivity index (χ0v) is 9.30. The van der Waals surface area contributed by atoms with Crippen LogP contribution in [0, 0.1) is 0 Å². The first-order valence-electron chi connectivity index (χ1n) is 5.48. The Balaban J connectivity index is 1.94. The topological polar surface area (TPSA) is 60.4 Å². The Morgan fingerprint density at radius 3 is 2.83 bits per heavy atom. The van der Waals surface area contributed by atoms with Crippen molar-refractivity contribution in [2.45, 2.75) is 0 Å². The fourth-order valence-electron chi connectivity index (χ4n) is 1.98. The van der Waals surface area contributed by atoms with Crippen molar-refractivity contribution in [3.8, 4) is 11.1 Å². The number of aromatic nitrogens is 6. The molecule has 4 aromatic rings. The number of hydrogen-bond acceptors (Lipinski definition) is 4. The molecular weight excluding hydrogens is 228 g/mol. The summed E-state index contributed by atoms with van der Waals surface area (Å²) in [4.78, 5) is 8.34. The van der Waals surface area contributed by atoms with Gasteiger partial charge < -0.3 is 0 Å². The van der Waals surface area contributed by atoms with Crippen molar-refractivity contribution in [3.63, 3.8) is 0 Å². The minimum Gasteiger partial charge on any atom is -0.241 e. The molecule has 4 rings (SSSR count). The Morgan fingerprint density at radius 2 is 1.89 bits per heavy atom. The van der Waals surface area contributed by atoms with E-state index in [1.54, 1.807) is 21.4 Å². The first kappa shape index (κ1) is 9.29. The van der Waals surface area contributed by atoms with Gasteiger partial charge in [-0.3, -0.25) is 0 Å². The van der Waals surface area contributed by atoms with E-state index in [9.17, 15) is 0 Å². The monoisotopic (exact) mass is 236 g/mol. The van der Waals surface area contributed by atoms with Gasteiger partial charge >= 0.3 is 0 Å². The predicted molar refractivity (Wildman–Crippen MR) is 65.0 cm³/mol. The summed E-state index contributed by atoms with van der Waals surface area (Å²) in [6, 6.07) is 3.89. The van der Waals surface area contributed by atoms with Crippen molar-refractivity contribution in [2.75, 3.05) is 0 Å². The van der Waals surface area contributed by atoms with E-state index in [0.717, 1.165) is 22.3 Å². The van der Waals surface area contributed by atoms with Crippen LogP contribution in [0.4, 0.5) is 0 Å². The molecule has 0 spiro atoms. The quantitative estimate of drug-likeness (QED) is 0.501. The van der Waals surface area contributed by atoms with Gasteiger partial charge in [-0.15, -0.1) is 0 Å². The molecule has 6 nitrogen and oxygen atoms in total. The van der Waals surface area contributed by atoms with E-state index in [-0.39, 0.29) is 0 Å². The van der Waals surface area contributed by atoms with Crippen molar-refractivity contribution in [3.05, 3.63) is 49.4 Å². The molecule has 0 radical (unpaired) electrons. The van der Waals surface area contributed by atoms with Gasteiger partial charge in [-0.2, -0.15) is 10.2 Å². The van der Waals surface area contributed by atoms with E-state index in [1.165, 1.54) is 6.33 Å². The first-order chi connectivity index (χ1) is 8.90. The highest BCUT2D eigenvalue weighted by atomic mass is 15.2. The molecule has 0 aliphatic heterocycles. The molecule has 0 bridgehead atoms. The van der Waals surface area contributed by atoms with Gasteiger partial charge in [0.25, 0.3) is 0 Å². The molecule has 86 valence electrons. The van der Waals surface area contributed by atoms with Crippen molar-refractivity contribution in [1.82, 2.24) is 29.2 Å². The molecule has 0 fully saturated rings. The Bertz CT molecular complexity index is 811. The highest BCUT2D eigenvalue weighted by molar-refractivity contribution is 5.68. The summed E-state index contributed by atoms with van der Waals surface area (Å²) in [6.45, 7) is 0. The van der Waals surface area contributed by atoms with Gasteiger partial charge in [-0.05, 0) is 6.07 Å². The molecule has 0 aromatic carbocycles. The van der Waals surface area contributed by atoms with Crippen molar-refractivity contribution >= 4 is 11.2 Å². The van der Waals surface area contributed by atoms with Gasteiger partial charge in [0.15, 0.2) is 5.65 Å². The second-order valence-electron chi connectivity index (χ2n) is 3.98. The number of hydrogen-bond donors (Lipinski definition) is 0. The van der Waals surface area contributed by atoms with Crippen LogP contribution in [0.5, 0.6) is 0 Å². The lowest BCUT2D eigenvalue weighted by Gasteiger charge is -1.97. The van der Waals surface area contributed by atoms with E-state index < -0.39 is 0 Å². The van der Waals surface area contributed by atoms with E-state index in [4.69, 9.17) is 0 Å².